The number of thiophene rings is 1. The van der Waals surface area contributed by atoms with Crippen LogP contribution in [0.2, 0.25) is 0 Å². The lowest BCUT2D eigenvalue weighted by Gasteiger charge is -2.16. The third kappa shape index (κ3) is 8.59. The summed E-state index contributed by atoms with van der Waals surface area (Å²) in [6.07, 6.45) is 0. The van der Waals surface area contributed by atoms with Gasteiger partial charge >= 0.3 is 0 Å². The average Bonchev–Trinajstić information content (AvgIpc) is 1.59. The molecule has 97 heavy (non-hydrogen) atoms. The van der Waals surface area contributed by atoms with Gasteiger partial charge in [0.1, 0.15) is 0 Å². The largest absolute Gasteiger partial charge is 0.309 e. The second-order valence-corrected chi connectivity index (χ2v) is 26.2. The molecule has 0 amide bonds. The van der Waals surface area contributed by atoms with Crippen molar-refractivity contribution in [3.8, 4) is 85.0 Å². The van der Waals surface area contributed by atoms with Crippen molar-refractivity contribution in [1.29, 1.82) is 5.26 Å². The second-order valence-electron chi connectivity index (χ2n) is 25.2. The predicted octanol–water partition coefficient (Wildman–Crippen LogP) is 23.4. The van der Waals surface area contributed by atoms with Crippen LogP contribution in [0.25, 0.3) is 186 Å². The first kappa shape index (κ1) is 54.6. The predicted molar refractivity (Wildman–Crippen MR) is 404 cm³/mol. The van der Waals surface area contributed by atoms with Gasteiger partial charge in [-0.15, -0.1) is 11.3 Å². The van der Waals surface area contributed by atoms with Crippen LogP contribution in [0.1, 0.15) is 5.56 Å². The van der Waals surface area contributed by atoms with Gasteiger partial charge < -0.3 is 18.3 Å². The third-order valence-corrected chi connectivity index (χ3v) is 21.0. The minimum atomic E-state index is 0.624. The van der Waals surface area contributed by atoms with Gasteiger partial charge in [0, 0.05) is 92.3 Å². The van der Waals surface area contributed by atoms with Gasteiger partial charge in [-0.2, -0.15) is 5.26 Å². The van der Waals surface area contributed by atoms with Crippen molar-refractivity contribution in [3.05, 3.63) is 327 Å². The Balaban J connectivity index is 0.759. The Morgan fingerprint density at radius 2 is 0.639 bits per heavy atom. The number of rotatable bonds is 9. The van der Waals surface area contributed by atoms with Crippen LogP contribution in [-0.2, 0) is 0 Å². The summed E-state index contributed by atoms with van der Waals surface area (Å²) in [5, 5.41) is 21.9. The van der Waals surface area contributed by atoms with Gasteiger partial charge in [-0.25, -0.2) is 9.97 Å². The molecule has 0 aliphatic rings. The third-order valence-electron chi connectivity index (χ3n) is 19.8. The van der Waals surface area contributed by atoms with Gasteiger partial charge in [0.05, 0.1) is 77.5 Å². The van der Waals surface area contributed by atoms with Crippen molar-refractivity contribution in [2.24, 2.45) is 0 Å². The van der Waals surface area contributed by atoms with Crippen LogP contribution in [-0.4, -0.2) is 28.2 Å². The number of nitrogens with zero attached hydrogens (tertiary/aromatic N) is 7. The van der Waals surface area contributed by atoms with E-state index in [0.29, 0.717) is 11.4 Å². The summed E-state index contributed by atoms with van der Waals surface area (Å²) < 4.78 is 12.2. The topological polar surface area (TPSA) is 69.3 Å². The molecule has 6 heterocycles. The zero-order valence-corrected chi connectivity index (χ0v) is 53.0. The molecule has 0 saturated carbocycles. The summed E-state index contributed by atoms with van der Waals surface area (Å²) in [6.45, 7) is 0. The summed E-state index contributed by atoms with van der Waals surface area (Å²) in [4.78, 5) is 10.9. The number of fused-ring (bicyclic) bond motifs is 15. The molecule has 0 aliphatic heterocycles. The van der Waals surface area contributed by atoms with Crippen LogP contribution in [0.15, 0.2) is 322 Å². The van der Waals surface area contributed by atoms with Crippen molar-refractivity contribution < 1.29 is 0 Å². The Kier molecular flexibility index (Phi) is 12.1. The van der Waals surface area contributed by atoms with Gasteiger partial charge in [0.2, 0.25) is 0 Å². The van der Waals surface area contributed by atoms with Gasteiger partial charge in [-0.1, -0.05) is 188 Å². The highest BCUT2D eigenvalue weighted by Gasteiger charge is 2.23. The summed E-state index contributed by atoms with van der Waals surface area (Å²) >= 11 is 1.86. The standard InChI is InChI=1S/C89H53N7S/c90-54-55-34-40-63(41-35-55)93-83-43-37-60(50-74(83)75-51-61(38-44-84(75)93)59-39-45-85-73(49-59)69-25-10-15-31-81(69)96(85)86-32-17-27-71-70-26-11-16-33-87(70)97-88(71)86)58-36-42-82-72(48-58)68-24-9-14-30-80(68)95(82)65-47-62(46-64(52-65)94-78-28-12-7-22-66(78)67-23-8-13-29-79(67)94)89-91-76(56-18-3-1-4-19-56)53-77(92-89)57-20-5-2-6-21-57/h1-53H. The fourth-order valence-corrected chi connectivity index (χ4v) is 16.6. The fourth-order valence-electron chi connectivity index (χ4n) is 15.4. The van der Waals surface area contributed by atoms with E-state index in [9.17, 15) is 5.26 Å². The molecule has 0 radical (unpaired) electrons. The molecule has 450 valence electrons. The monoisotopic (exact) mass is 1250 g/mol. The molecule has 20 aromatic rings. The Bertz CT molecular complexity index is 6580. The average molecular weight is 1250 g/mol. The molecule has 0 saturated heterocycles. The molecule has 0 spiro atoms. The van der Waals surface area contributed by atoms with E-state index < -0.39 is 0 Å². The maximum atomic E-state index is 9.90. The molecular weight excluding hydrogens is 1200 g/mol. The zero-order chi connectivity index (χ0) is 63.8. The molecule has 8 heteroatoms. The smallest absolute Gasteiger partial charge is 0.160 e. The number of hydrogen-bond donors (Lipinski definition) is 0. The number of hydrogen-bond acceptors (Lipinski definition) is 4. The number of nitriles is 1. The molecule has 6 aromatic heterocycles. The van der Waals surface area contributed by atoms with Crippen LogP contribution in [0.4, 0.5) is 0 Å². The summed E-state index contributed by atoms with van der Waals surface area (Å²) in [6, 6.07) is 118. The first-order valence-corrected chi connectivity index (χ1v) is 33.6. The molecule has 0 aliphatic carbocycles. The zero-order valence-electron chi connectivity index (χ0n) is 52.1. The minimum Gasteiger partial charge on any atom is -0.309 e. The molecule has 0 atom stereocenters. The van der Waals surface area contributed by atoms with E-state index in [2.05, 4.69) is 322 Å². The highest BCUT2D eigenvalue weighted by atomic mass is 32.1. The van der Waals surface area contributed by atoms with Crippen LogP contribution in [0, 0.1) is 11.3 Å². The lowest BCUT2D eigenvalue weighted by Crippen LogP contribution is -2.02. The summed E-state index contributed by atoms with van der Waals surface area (Å²) in [5.74, 6) is 0.636. The quantitative estimate of drug-likeness (QED) is 0.145. The number of para-hydroxylation sites is 4. The van der Waals surface area contributed by atoms with E-state index in [1.807, 2.05) is 35.6 Å². The Hall–Kier alpha value is -12.9. The van der Waals surface area contributed by atoms with Crippen LogP contribution in [0.3, 0.4) is 0 Å². The first-order chi connectivity index (χ1) is 48.0. The summed E-state index contributed by atoms with van der Waals surface area (Å²) in [7, 11) is 0. The lowest BCUT2D eigenvalue weighted by atomic mass is 9.98. The fraction of sp³-hybridized carbons (Fsp3) is 0. The molecule has 20 rings (SSSR count). The summed E-state index contributed by atoms with van der Waals surface area (Å²) in [5.41, 5.74) is 22.9. The molecule has 0 bridgehead atoms. The van der Waals surface area contributed by atoms with Crippen molar-refractivity contribution >= 4 is 119 Å². The van der Waals surface area contributed by atoms with E-state index in [0.717, 1.165) is 122 Å². The van der Waals surface area contributed by atoms with E-state index in [1.165, 1.54) is 58.4 Å². The van der Waals surface area contributed by atoms with Crippen molar-refractivity contribution in [2.75, 3.05) is 0 Å². The van der Waals surface area contributed by atoms with Crippen molar-refractivity contribution in [2.45, 2.75) is 0 Å². The Labute approximate surface area is 560 Å². The minimum absolute atomic E-state index is 0.624. The van der Waals surface area contributed by atoms with Gasteiger partial charge in [-0.05, 0) is 156 Å². The molecule has 7 nitrogen and oxygen atoms in total. The Morgan fingerprint density at radius 1 is 0.258 bits per heavy atom. The van der Waals surface area contributed by atoms with E-state index in [-0.39, 0.29) is 0 Å². The van der Waals surface area contributed by atoms with Crippen molar-refractivity contribution in [1.82, 2.24) is 28.2 Å². The molecule has 14 aromatic carbocycles. The van der Waals surface area contributed by atoms with Gasteiger partial charge in [0.15, 0.2) is 5.82 Å². The molecular formula is C89H53N7S. The normalized spacial score (nSPS) is 11.9. The lowest BCUT2D eigenvalue weighted by molar-refractivity contribution is 1.12. The number of benzene rings is 14. The SMILES string of the molecule is N#Cc1ccc(-n2c3ccc(-c4ccc5c(c4)c4ccccc4n5-c4cc(-c5nc(-c6ccccc6)cc(-c6ccccc6)n5)cc(-n5c6ccccc6c6ccccc65)c4)cc3c3cc(-c4ccc5c(c4)c4ccccc4n5-c4cccc5c4sc4ccccc45)ccc32)cc1. The van der Waals surface area contributed by atoms with Crippen LogP contribution >= 0.6 is 11.3 Å². The van der Waals surface area contributed by atoms with Gasteiger partial charge in [0.25, 0.3) is 0 Å². The molecule has 0 fully saturated rings. The van der Waals surface area contributed by atoms with E-state index in [4.69, 9.17) is 9.97 Å². The Morgan fingerprint density at radius 3 is 1.12 bits per heavy atom. The highest BCUT2D eigenvalue weighted by molar-refractivity contribution is 7.26. The highest BCUT2D eigenvalue weighted by Crippen LogP contribution is 2.45. The molecule has 0 N–H and O–H groups in total. The van der Waals surface area contributed by atoms with E-state index >= 15 is 0 Å². The van der Waals surface area contributed by atoms with Crippen LogP contribution < -0.4 is 0 Å². The molecule has 0 unspecified atom stereocenters. The first-order valence-electron chi connectivity index (χ1n) is 32.7. The maximum absolute atomic E-state index is 9.90. The van der Waals surface area contributed by atoms with Gasteiger partial charge in [-0.3, -0.25) is 0 Å². The van der Waals surface area contributed by atoms with Crippen LogP contribution in [0.5, 0.6) is 0 Å². The number of aromatic nitrogens is 6. The van der Waals surface area contributed by atoms with Crippen molar-refractivity contribution in [3.63, 3.8) is 0 Å². The second kappa shape index (κ2) is 21.6. The van der Waals surface area contributed by atoms with E-state index in [1.54, 1.807) is 0 Å². The maximum Gasteiger partial charge on any atom is 0.160 e.